The van der Waals surface area contributed by atoms with Crippen LogP contribution in [0.5, 0.6) is 0 Å². The monoisotopic (exact) mass is 374 g/mol. The minimum Gasteiger partial charge on any atom is -0.466 e. The van der Waals surface area contributed by atoms with Crippen LogP contribution in [0.1, 0.15) is 39.0 Å². The molecule has 0 radical (unpaired) electrons. The summed E-state index contributed by atoms with van der Waals surface area (Å²) in [5, 5.41) is 9.50. The van der Waals surface area contributed by atoms with Crippen LogP contribution >= 0.6 is 0 Å². The lowest BCUT2D eigenvalue weighted by molar-refractivity contribution is -0.123. The quantitative estimate of drug-likeness (QED) is 0.183. The van der Waals surface area contributed by atoms with Crippen LogP contribution < -0.4 is 0 Å². The summed E-state index contributed by atoms with van der Waals surface area (Å²) in [4.78, 5) is 0. The average molecular weight is 374 g/mol. The molecule has 1 unspecified atom stereocenters. The molecule has 0 aliphatic carbocycles. The Balaban J connectivity index is 4.73. The molecule has 4 nitrogen and oxygen atoms in total. The lowest BCUT2D eigenvalue weighted by atomic mass is 10.1. The zero-order chi connectivity index (χ0) is 19.8. The van der Waals surface area contributed by atoms with Crippen molar-refractivity contribution in [1.82, 2.24) is 0 Å². The van der Waals surface area contributed by atoms with E-state index in [4.69, 9.17) is 14.2 Å². The molecule has 6 heteroatoms. The predicted octanol–water partition coefficient (Wildman–Crippen LogP) is 4.77. The van der Waals surface area contributed by atoms with Gasteiger partial charge in [-0.15, -0.1) is 13.2 Å². The van der Waals surface area contributed by atoms with E-state index in [0.717, 1.165) is 30.9 Å². The maximum absolute atomic E-state index is 14.3. The molecule has 0 aromatic carbocycles. The first-order chi connectivity index (χ1) is 12.4. The minimum absolute atomic E-state index is 0.228. The van der Waals surface area contributed by atoms with Gasteiger partial charge >= 0.3 is 5.92 Å². The molecule has 0 spiro atoms. The molecule has 0 fully saturated rings. The number of aliphatic hydroxyl groups is 1. The van der Waals surface area contributed by atoms with Gasteiger partial charge in [-0.25, -0.2) is 0 Å². The third kappa shape index (κ3) is 10.5. The Labute approximate surface area is 155 Å². The SMILES string of the molecule is C=CCCCC=C(C)CCC=C(OCOCCOC)C(F)(F)C(O)C=C. The topological polar surface area (TPSA) is 47.9 Å². The van der Waals surface area contributed by atoms with E-state index in [9.17, 15) is 13.9 Å². The number of aliphatic hydroxyl groups excluding tert-OH is 1. The molecule has 0 rings (SSSR count). The molecule has 0 aliphatic rings. The lowest BCUT2D eigenvalue weighted by Gasteiger charge is -2.23. The van der Waals surface area contributed by atoms with Crippen molar-refractivity contribution >= 4 is 0 Å². The zero-order valence-electron chi connectivity index (χ0n) is 15.9. The molecule has 0 saturated carbocycles. The molecule has 0 aromatic rings. The van der Waals surface area contributed by atoms with Crippen LogP contribution in [0.25, 0.3) is 0 Å². The van der Waals surface area contributed by atoms with Gasteiger partial charge in [0.15, 0.2) is 12.6 Å². The number of rotatable bonds is 16. The first-order valence-corrected chi connectivity index (χ1v) is 8.75. The molecular weight excluding hydrogens is 342 g/mol. The number of methoxy groups -OCH3 is 1. The molecule has 26 heavy (non-hydrogen) atoms. The molecule has 0 aromatic heterocycles. The Kier molecular flexibility index (Phi) is 13.8. The second kappa shape index (κ2) is 14.6. The smallest absolute Gasteiger partial charge is 0.332 e. The van der Waals surface area contributed by atoms with Gasteiger partial charge in [0.1, 0.15) is 6.10 Å². The second-order valence-electron chi connectivity index (χ2n) is 5.84. The maximum Gasteiger partial charge on any atom is 0.332 e. The van der Waals surface area contributed by atoms with Crippen molar-refractivity contribution < 1.29 is 28.1 Å². The van der Waals surface area contributed by atoms with Gasteiger partial charge in [-0.3, -0.25) is 0 Å². The number of unbranched alkanes of at least 4 members (excludes halogenated alkanes) is 2. The Hall–Kier alpha value is -1.50. The van der Waals surface area contributed by atoms with Gasteiger partial charge in [0.05, 0.1) is 13.2 Å². The van der Waals surface area contributed by atoms with Gasteiger partial charge in [0, 0.05) is 7.11 Å². The van der Waals surface area contributed by atoms with E-state index in [1.54, 1.807) is 0 Å². The van der Waals surface area contributed by atoms with Crippen LogP contribution in [-0.4, -0.2) is 44.2 Å². The van der Waals surface area contributed by atoms with Gasteiger partial charge in [0.2, 0.25) is 0 Å². The van der Waals surface area contributed by atoms with Gasteiger partial charge in [-0.2, -0.15) is 8.78 Å². The van der Waals surface area contributed by atoms with E-state index < -0.39 is 17.8 Å². The third-order valence-electron chi connectivity index (χ3n) is 3.63. The Morgan fingerprint density at radius 3 is 2.50 bits per heavy atom. The van der Waals surface area contributed by atoms with Crippen LogP contribution in [0.15, 0.2) is 48.8 Å². The summed E-state index contributed by atoms with van der Waals surface area (Å²) in [6.45, 7) is 9.07. The molecule has 0 amide bonds. The van der Waals surface area contributed by atoms with E-state index in [1.165, 1.54) is 13.2 Å². The van der Waals surface area contributed by atoms with Crippen molar-refractivity contribution in [2.75, 3.05) is 27.1 Å². The van der Waals surface area contributed by atoms with E-state index >= 15 is 0 Å². The summed E-state index contributed by atoms with van der Waals surface area (Å²) in [7, 11) is 1.51. The highest BCUT2D eigenvalue weighted by molar-refractivity contribution is 5.13. The van der Waals surface area contributed by atoms with Crippen LogP contribution in [0.2, 0.25) is 0 Å². The van der Waals surface area contributed by atoms with Crippen molar-refractivity contribution in [2.45, 2.75) is 51.1 Å². The Morgan fingerprint density at radius 2 is 1.88 bits per heavy atom. The standard InChI is InChI=1S/C20H32F2O4/c1-5-7-8-9-11-17(3)12-10-13-19(20(21,22)18(23)6-2)26-16-25-15-14-24-4/h5-6,11,13,18,23H,1-2,7-10,12,14-16H2,3-4H3. The van der Waals surface area contributed by atoms with E-state index in [-0.39, 0.29) is 13.4 Å². The highest BCUT2D eigenvalue weighted by Crippen LogP contribution is 2.30. The third-order valence-corrected chi connectivity index (χ3v) is 3.63. The number of hydrogen-bond acceptors (Lipinski definition) is 4. The summed E-state index contributed by atoms with van der Waals surface area (Å²) in [6, 6.07) is 0. The first kappa shape index (κ1) is 24.5. The highest BCUT2D eigenvalue weighted by Gasteiger charge is 2.42. The molecule has 1 N–H and O–H groups in total. The second-order valence-corrected chi connectivity index (χ2v) is 5.84. The average Bonchev–Trinajstić information content (AvgIpc) is 2.62. The van der Waals surface area contributed by atoms with Gasteiger partial charge in [0.25, 0.3) is 0 Å². The van der Waals surface area contributed by atoms with Gasteiger partial charge < -0.3 is 19.3 Å². The predicted molar refractivity (Wildman–Crippen MR) is 100 cm³/mol. The molecule has 0 bridgehead atoms. The highest BCUT2D eigenvalue weighted by atomic mass is 19.3. The van der Waals surface area contributed by atoms with Crippen molar-refractivity contribution in [3.63, 3.8) is 0 Å². The van der Waals surface area contributed by atoms with Crippen molar-refractivity contribution in [1.29, 1.82) is 0 Å². The fourth-order valence-electron chi connectivity index (χ4n) is 2.03. The molecule has 150 valence electrons. The van der Waals surface area contributed by atoms with Crippen molar-refractivity contribution in [3.05, 3.63) is 48.8 Å². The number of alkyl halides is 2. The van der Waals surface area contributed by atoms with Gasteiger partial charge in [-0.05, 0) is 45.1 Å². The van der Waals surface area contributed by atoms with Crippen molar-refractivity contribution in [2.24, 2.45) is 0 Å². The molecule has 1 atom stereocenters. The van der Waals surface area contributed by atoms with E-state index in [0.29, 0.717) is 19.4 Å². The zero-order valence-corrected chi connectivity index (χ0v) is 15.9. The van der Waals surface area contributed by atoms with Crippen LogP contribution in [0.4, 0.5) is 8.78 Å². The number of halogens is 2. The van der Waals surface area contributed by atoms with Crippen LogP contribution in [0.3, 0.4) is 0 Å². The number of hydrogen-bond donors (Lipinski definition) is 1. The molecule has 0 aliphatic heterocycles. The van der Waals surface area contributed by atoms with Crippen LogP contribution in [0, 0.1) is 0 Å². The lowest BCUT2D eigenvalue weighted by Crippen LogP contribution is -2.35. The summed E-state index contributed by atoms with van der Waals surface area (Å²) in [5.74, 6) is -4.17. The van der Waals surface area contributed by atoms with E-state index in [1.807, 2.05) is 13.0 Å². The number of ether oxygens (including phenoxy) is 3. The summed E-state index contributed by atoms with van der Waals surface area (Å²) >= 11 is 0. The Bertz CT molecular complexity index is 459. The Morgan fingerprint density at radius 1 is 1.15 bits per heavy atom. The first-order valence-electron chi connectivity index (χ1n) is 8.75. The molecule has 0 heterocycles. The largest absolute Gasteiger partial charge is 0.466 e. The minimum atomic E-state index is -3.56. The summed E-state index contributed by atoms with van der Waals surface area (Å²) in [5.41, 5.74) is 1.12. The number of allylic oxidation sites excluding steroid dienone is 4. The normalized spacial score (nSPS) is 14.2. The fourth-order valence-corrected chi connectivity index (χ4v) is 2.03. The molecular formula is C20H32F2O4. The van der Waals surface area contributed by atoms with Crippen LogP contribution in [-0.2, 0) is 14.2 Å². The maximum atomic E-state index is 14.3. The van der Waals surface area contributed by atoms with Crippen molar-refractivity contribution in [3.8, 4) is 0 Å². The summed E-state index contributed by atoms with van der Waals surface area (Å²) < 4.78 is 43.4. The summed E-state index contributed by atoms with van der Waals surface area (Å²) in [6.07, 6.45) is 7.94. The molecule has 0 saturated heterocycles. The van der Waals surface area contributed by atoms with E-state index in [2.05, 4.69) is 19.2 Å². The fraction of sp³-hybridized carbons (Fsp3) is 0.600. The van der Waals surface area contributed by atoms with Gasteiger partial charge in [-0.1, -0.05) is 23.8 Å².